The minimum atomic E-state index is 0.584. The van der Waals surface area contributed by atoms with Gasteiger partial charge in [0.2, 0.25) is 5.95 Å². The second-order valence-electron chi connectivity index (χ2n) is 8.80. The van der Waals surface area contributed by atoms with E-state index in [1.807, 2.05) is 18.2 Å². The number of benzene rings is 2. The molecule has 2 aromatic carbocycles. The molecular weight excluding hydrogens is 446 g/mol. The van der Waals surface area contributed by atoms with Crippen LogP contribution in [0.1, 0.15) is 38.5 Å². The number of piperidine rings is 1. The number of allylic oxidation sites excluding steroid dienone is 2. The average molecular weight is 486 g/mol. The van der Waals surface area contributed by atoms with Crippen LogP contribution < -0.4 is 27.0 Å². The molecule has 0 bridgehead atoms. The summed E-state index contributed by atoms with van der Waals surface area (Å²) < 4.78 is 0. The molecule has 36 heavy (non-hydrogen) atoms. The molecule has 0 aliphatic carbocycles. The number of hydrogen-bond acceptors (Lipinski definition) is 7. The van der Waals surface area contributed by atoms with Crippen molar-refractivity contribution in [3.63, 3.8) is 0 Å². The Kier molecular flexibility index (Phi) is 10.3. The lowest BCUT2D eigenvalue weighted by Crippen LogP contribution is -2.29. The van der Waals surface area contributed by atoms with Crippen molar-refractivity contribution in [2.45, 2.75) is 38.5 Å². The van der Waals surface area contributed by atoms with Gasteiger partial charge in [-0.2, -0.15) is 0 Å². The largest absolute Gasteiger partial charge is 0.403 e. The van der Waals surface area contributed by atoms with Gasteiger partial charge in [-0.1, -0.05) is 25.3 Å². The summed E-state index contributed by atoms with van der Waals surface area (Å²) in [6.07, 6.45) is 8.28. The van der Waals surface area contributed by atoms with Crippen molar-refractivity contribution in [2.75, 3.05) is 35.7 Å². The fraction of sp³-hybridized carbons (Fsp3) is 0.310. The molecule has 0 saturated carbocycles. The van der Waals surface area contributed by atoms with Gasteiger partial charge in [0.05, 0.1) is 5.69 Å². The molecule has 2 heterocycles. The number of aromatic nitrogens is 2. The summed E-state index contributed by atoms with van der Waals surface area (Å²) in [4.78, 5) is 11.6. The van der Waals surface area contributed by atoms with Crippen LogP contribution in [-0.4, -0.2) is 30.1 Å². The highest BCUT2D eigenvalue weighted by Crippen LogP contribution is 2.25. The van der Waals surface area contributed by atoms with Gasteiger partial charge in [0.1, 0.15) is 0 Å². The fourth-order valence-corrected chi connectivity index (χ4v) is 4.14. The third-order valence-corrected chi connectivity index (χ3v) is 5.98. The van der Waals surface area contributed by atoms with E-state index in [4.69, 9.17) is 10.7 Å². The molecule has 6 N–H and O–H groups in total. The molecule has 0 radical (unpaired) electrons. The zero-order valence-corrected chi connectivity index (χ0v) is 21.3. The highest BCUT2D eigenvalue weighted by atomic mass is 15.1. The van der Waals surface area contributed by atoms with Crippen molar-refractivity contribution in [3.05, 3.63) is 85.3 Å². The van der Waals surface area contributed by atoms with Crippen molar-refractivity contribution in [1.29, 1.82) is 0 Å². The minimum Gasteiger partial charge on any atom is -0.403 e. The Morgan fingerprint density at radius 2 is 1.56 bits per heavy atom. The van der Waals surface area contributed by atoms with E-state index in [-0.39, 0.29) is 0 Å². The first-order chi connectivity index (χ1) is 17.6. The predicted octanol–water partition coefficient (Wildman–Crippen LogP) is 6.02. The van der Waals surface area contributed by atoms with E-state index in [0.717, 1.165) is 60.7 Å². The maximum Gasteiger partial charge on any atom is 0.227 e. The quantitative estimate of drug-likeness (QED) is 0.278. The smallest absolute Gasteiger partial charge is 0.227 e. The maximum atomic E-state index is 5.63. The van der Waals surface area contributed by atoms with Crippen LogP contribution in [0.5, 0.6) is 0 Å². The zero-order chi connectivity index (χ0) is 25.8. The molecule has 1 saturated heterocycles. The Morgan fingerprint density at radius 1 is 0.889 bits per heavy atom. The summed E-state index contributed by atoms with van der Waals surface area (Å²) in [6.45, 7) is 10.1. The van der Waals surface area contributed by atoms with Crippen LogP contribution in [0.25, 0.3) is 11.3 Å². The van der Waals surface area contributed by atoms with Crippen LogP contribution in [-0.2, 0) is 0 Å². The third-order valence-electron chi connectivity index (χ3n) is 5.98. The van der Waals surface area contributed by atoms with Crippen molar-refractivity contribution >= 4 is 23.0 Å². The number of nitrogens with one attached hydrogen (secondary N) is 2. The van der Waals surface area contributed by atoms with E-state index in [9.17, 15) is 0 Å². The first-order valence-electron chi connectivity index (χ1n) is 12.6. The lowest BCUT2D eigenvalue weighted by molar-refractivity contribution is 0.578. The van der Waals surface area contributed by atoms with E-state index < -0.39 is 0 Å². The van der Waals surface area contributed by atoms with Gasteiger partial charge in [-0.15, -0.1) is 0 Å². The second-order valence-corrected chi connectivity index (χ2v) is 8.80. The van der Waals surface area contributed by atoms with Gasteiger partial charge < -0.3 is 27.0 Å². The van der Waals surface area contributed by atoms with Crippen molar-refractivity contribution in [2.24, 2.45) is 11.5 Å². The van der Waals surface area contributed by atoms with Crippen LogP contribution in [0.3, 0.4) is 0 Å². The minimum absolute atomic E-state index is 0.584. The Hall–Kier alpha value is -3.84. The predicted molar refractivity (Wildman–Crippen MR) is 153 cm³/mol. The number of anilines is 4. The average Bonchev–Trinajstić information content (AvgIpc) is 2.91. The summed E-state index contributed by atoms with van der Waals surface area (Å²) in [5.41, 5.74) is 17.0. The van der Waals surface area contributed by atoms with E-state index in [1.54, 1.807) is 6.20 Å². The second kappa shape index (κ2) is 13.9. The highest BCUT2D eigenvalue weighted by Gasteiger charge is 2.11. The first-order valence-corrected chi connectivity index (χ1v) is 12.6. The molecule has 190 valence electrons. The monoisotopic (exact) mass is 485 g/mol. The van der Waals surface area contributed by atoms with Crippen LogP contribution in [0.4, 0.5) is 23.0 Å². The summed E-state index contributed by atoms with van der Waals surface area (Å²) in [6, 6.07) is 18.6. The maximum absolute atomic E-state index is 5.63. The number of nitrogens with two attached hydrogens (primary N) is 2. The van der Waals surface area contributed by atoms with E-state index in [1.165, 1.54) is 32.0 Å². The number of hydrogen-bond donors (Lipinski definition) is 4. The summed E-state index contributed by atoms with van der Waals surface area (Å²) in [7, 11) is 1.50. The van der Waals surface area contributed by atoms with Crippen LogP contribution in [0.15, 0.2) is 85.3 Å². The lowest BCUT2D eigenvalue weighted by atomic mass is 10.1. The molecule has 7 nitrogen and oxygen atoms in total. The normalized spacial score (nSPS) is 12.8. The van der Waals surface area contributed by atoms with Crippen LogP contribution in [0, 0.1) is 0 Å². The van der Waals surface area contributed by atoms with Gasteiger partial charge in [0.15, 0.2) is 0 Å². The van der Waals surface area contributed by atoms with Crippen LogP contribution >= 0.6 is 0 Å². The molecule has 3 aromatic rings. The van der Waals surface area contributed by atoms with Crippen LogP contribution in [0.2, 0.25) is 0 Å². The lowest BCUT2D eigenvalue weighted by Gasteiger charge is -2.28. The molecule has 1 aliphatic heterocycles. The standard InChI is InChI=1S/C28H34N6.CH5N/c1-21(29)7-6-8-22(2)31-24-11-9-23(10-12-24)27-17-18-30-28(33-27)32-25-13-15-26(16-14-25)34-19-4-3-5-20-34;1-2/h9-18,31H,1-8,19-20,29H2,(H,30,32,33);2H2,1H3. The van der Waals surface area contributed by atoms with Crippen molar-refractivity contribution in [3.8, 4) is 11.3 Å². The highest BCUT2D eigenvalue weighted by molar-refractivity contribution is 5.65. The third kappa shape index (κ3) is 8.13. The summed E-state index contributed by atoms with van der Waals surface area (Å²) >= 11 is 0. The topological polar surface area (TPSA) is 105 Å². The van der Waals surface area contributed by atoms with Gasteiger partial charge in [-0.25, -0.2) is 9.97 Å². The summed E-state index contributed by atoms with van der Waals surface area (Å²) in [5, 5.41) is 6.68. The Labute approximate surface area is 215 Å². The van der Waals surface area contributed by atoms with Gasteiger partial charge in [0.25, 0.3) is 0 Å². The molecule has 0 unspecified atom stereocenters. The van der Waals surface area contributed by atoms with Gasteiger partial charge >= 0.3 is 0 Å². The molecular formula is C29H39N7. The van der Waals surface area contributed by atoms with E-state index >= 15 is 0 Å². The van der Waals surface area contributed by atoms with Gasteiger partial charge in [0, 0.05) is 53.3 Å². The fourth-order valence-electron chi connectivity index (χ4n) is 4.14. The van der Waals surface area contributed by atoms with E-state index in [2.05, 4.69) is 75.8 Å². The van der Waals surface area contributed by atoms with E-state index in [0.29, 0.717) is 11.6 Å². The molecule has 0 atom stereocenters. The number of rotatable bonds is 10. The molecule has 1 aromatic heterocycles. The van der Waals surface area contributed by atoms with Crippen molar-refractivity contribution in [1.82, 2.24) is 9.97 Å². The zero-order valence-electron chi connectivity index (χ0n) is 21.3. The Balaban J connectivity index is 0.00000176. The SMILES string of the molecule is C=C(N)CCCC(=C)Nc1ccc(-c2ccnc(Nc3ccc(N4CCCCC4)cc3)n2)cc1.CN. The number of nitrogens with zero attached hydrogens (tertiary/aromatic N) is 3. The molecule has 0 spiro atoms. The Bertz CT molecular complexity index is 1100. The van der Waals surface area contributed by atoms with Crippen molar-refractivity contribution < 1.29 is 0 Å². The molecule has 1 fully saturated rings. The molecule has 4 rings (SSSR count). The Morgan fingerprint density at radius 3 is 2.22 bits per heavy atom. The molecule has 0 amide bonds. The first kappa shape index (κ1) is 26.8. The molecule has 1 aliphatic rings. The molecule has 7 heteroatoms. The summed E-state index contributed by atoms with van der Waals surface area (Å²) in [5.74, 6) is 0.584. The van der Waals surface area contributed by atoms with Gasteiger partial charge in [-0.05, 0) is 88.0 Å². The van der Waals surface area contributed by atoms with Gasteiger partial charge in [-0.3, -0.25) is 0 Å².